The highest BCUT2D eigenvalue weighted by Gasteiger charge is 2.17. The smallest absolute Gasteiger partial charge is 0.348 e. The number of hydrogen-bond acceptors (Lipinski definition) is 6. The number of nitrogen functional groups attached to an aromatic ring is 1. The van der Waals surface area contributed by atoms with Gasteiger partial charge in [0, 0.05) is 17.8 Å². The minimum atomic E-state index is -0.904. The fraction of sp³-hybridized carbons (Fsp3) is 0. The van der Waals surface area contributed by atoms with E-state index in [-0.39, 0.29) is 22.5 Å². The highest BCUT2D eigenvalue weighted by atomic mass is 16.6. The molecule has 7 heteroatoms. The van der Waals surface area contributed by atoms with E-state index in [1.807, 2.05) is 0 Å². The zero-order valence-corrected chi connectivity index (χ0v) is 10.7. The highest BCUT2D eigenvalue weighted by Crippen LogP contribution is 2.15. The number of nitro benzene ring substituents is 1. The van der Waals surface area contributed by atoms with E-state index in [0.717, 1.165) is 12.1 Å². The molecule has 0 bridgehead atoms. The predicted molar refractivity (Wildman–Crippen MR) is 73.7 cm³/mol. The maximum absolute atomic E-state index is 11.8. The first kappa shape index (κ1) is 14.2. The van der Waals surface area contributed by atoms with Crippen LogP contribution in [-0.4, -0.2) is 16.9 Å². The zero-order valence-electron chi connectivity index (χ0n) is 10.7. The summed E-state index contributed by atoms with van der Waals surface area (Å²) in [6.45, 7) is 0. The topological polar surface area (TPSA) is 113 Å². The average molecular weight is 286 g/mol. The van der Waals surface area contributed by atoms with Crippen molar-refractivity contribution >= 4 is 23.3 Å². The Morgan fingerprint density at radius 2 is 1.62 bits per heavy atom. The molecule has 0 saturated heterocycles. The molecule has 0 fully saturated rings. The van der Waals surface area contributed by atoms with Gasteiger partial charge in [0.1, 0.15) is 0 Å². The predicted octanol–water partition coefficient (Wildman–Crippen LogP) is 2.17. The normalized spacial score (nSPS) is 9.90. The number of ether oxygens (including phenoxy) is 1. The molecular formula is C14H10N2O5. The summed E-state index contributed by atoms with van der Waals surface area (Å²) in [5.41, 5.74) is 5.74. The van der Waals surface area contributed by atoms with Crippen molar-refractivity contribution in [3.63, 3.8) is 0 Å². The van der Waals surface area contributed by atoms with Crippen molar-refractivity contribution in [3.8, 4) is 0 Å². The van der Waals surface area contributed by atoms with Crippen LogP contribution in [0.5, 0.6) is 0 Å². The lowest BCUT2D eigenvalue weighted by atomic mass is 10.2. The van der Waals surface area contributed by atoms with Gasteiger partial charge in [0.25, 0.3) is 5.69 Å². The zero-order chi connectivity index (χ0) is 15.4. The third-order valence-corrected chi connectivity index (χ3v) is 2.68. The molecule has 2 rings (SSSR count). The summed E-state index contributed by atoms with van der Waals surface area (Å²) in [5.74, 6) is -1.78. The quantitative estimate of drug-likeness (QED) is 0.304. The third kappa shape index (κ3) is 3.21. The molecule has 0 aliphatic carbocycles. The van der Waals surface area contributed by atoms with Gasteiger partial charge in [-0.25, -0.2) is 9.59 Å². The van der Waals surface area contributed by atoms with E-state index in [1.54, 1.807) is 12.1 Å². The van der Waals surface area contributed by atoms with Crippen LogP contribution < -0.4 is 5.73 Å². The molecule has 0 heterocycles. The number of para-hydroxylation sites is 1. The Bertz CT molecular complexity index is 710. The Kier molecular flexibility index (Phi) is 3.94. The van der Waals surface area contributed by atoms with Crippen LogP contribution >= 0.6 is 0 Å². The third-order valence-electron chi connectivity index (χ3n) is 2.68. The SMILES string of the molecule is Nc1ccccc1C(=O)OC(=O)c1ccc([N+](=O)[O-])cc1. The minimum absolute atomic E-state index is 0.0310. The van der Waals surface area contributed by atoms with Crippen LogP contribution in [0, 0.1) is 10.1 Å². The first-order chi connectivity index (χ1) is 9.99. The second-order valence-corrected chi connectivity index (χ2v) is 4.07. The van der Waals surface area contributed by atoms with Crippen molar-refractivity contribution in [1.29, 1.82) is 0 Å². The van der Waals surface area contributed by atoms with E-state index in [9.17, 15) is 19.7 Å². The number of benzene rings is 2. The minimum Gasteiger partial charge on any atom is -0.398 e. The van der Waals surface area contributed by atoms with Gasteiger partial charge >= 0.3 is 11.9 Å². The number of nitro groups is 1. The summed E-state index contributed by atoms with van der Waals surface area (Å²) in [7, 11) is 0. The molecule has 0 aliphatic heterocycles. The number of nitrogens with two attached hydrogens (primary N) is 1. The number of carbonyl (C=O) groups excluding carboxylic acids is 2. The number of anilines is 1. The Morgan fingerprint density at radius 1 is 1.00 bits per heavy atom. The number of nitrogens with zero attached hydrogens (tertiary/aromatic N) is 1. The molecule has 0 saturated carbocycles. The molecule has 2 N–H and O–H groups in total. The van der Waals surface area contributed by atoms with Crippen molar-refractivity contribution in [2.24, 2.45) is 0 Å². The molecule has 7 nitrogen and oxygen atoms in total. The van der Waals surface area contributed by atoms with E-state index in [0.29, 0.717) is 0 Å². The average Bonchev–Trinajstić information content (AvgIpc) is 2.47. The molecule has 0 aliphatic rings. The van der Waals surface area contributed by atoms with Crippen molar-refractivity contribution in [1.82, 2.24) is 0 Å². The first-order valence-electron chi connectivity index (χ1n) is 5.84. The molecule has 0 atom stereocenters. The lowest BCUT2D eigenvalue weighted by Gasteiger charge is -2.05. The van der Waals surface area contributed by atoms with Gasteiger partial charge in [0.2, 0.25) is 0 Å². The van der Waals surface area contributed by atoms with Crippen LogP contribution in [0.1, 0.15) is 20.7 Å². The number of esters is 2. The van der Waals surface area contributed by atoms with Gasteiger partial charge in [-0.1, -0.05) is 12.1 Å². The van der Waals surface area contributed by atoms with Gasteiger partial charge < -0.3 is 10.5 Å². The number of non-ortho nitro benzene ring substituents is 1. The molecule has 0 spiro atoms. The maximum atomic E-state index is 11.8. The summed E-state index contributed by atoms with van der Waals surface area (Å²) in [6, 6.07) is 10.9. The van der Waals surface area contributed by atoms with Crippen molar-refractivity contribution in [2.75, 3.05) is 5.73 Å². The van der Waals surface area contributed by atoms with Crippen molar-refractivity contribution in [3.05, 3.63) is 69.8 Å². The fourth-order valence-electron chi connectivity index (χ4n) is 1.60. The monoisotopic (exact) mass is 286 g/mol. The molecule has 106 valence electrons. The highest BCUT2D eigenvalue weighted by molar-refractivity contribution is 6.04. The van der Waals surface area contributed by atoms with E-state index in [1.165, 1.54) is 24.3 Å². The van der Waals surface area contributed by atoms with Gasteiger partial charge in [0.05, 0.1) is 16.1 Å². The lowest BCUT2D eigenvalue weighted by Crippen LogP contribution is -2.14. The summed E-state index contributed by atoms with van der Waals surface area (Å²) >= 11 is 0. The second-order valence-electron chi connectivity index (χ2n) is 4.07. The van der Waals surface area contributed by atoms with Crippen LogP contribution in [0.4, 0.5) is 11.4 Å². The first-order valence-corrected chi connectivity index (χ1v) is 5.84. The van der Waals surface area contributed by atoms with Gasteiger partial charge in [-0.05, 0) is 24.3 Å². The Hall–Kier alpha value is -3.22. The van der Waals surface area contributed by atoms with E-state index < -0.39 is 16.9 Å². The van der Waals surface area contributed by atoms with Crippen molar-refractivity contribution in [2.45, 2.75) is 0 Å². The largest absolute Gasteiger partial charge is 0.398 e. The molecule has 21 heavy (non-hydrogen) atoms. The summed E-state index contributed by atoms with van der Waals surface area (Å²) < 4.78 is 4.68. The number of carbonyl (C=O) groups is 2. The lowest BCUT2D eigenvalue weighted by molar-refractivity contribution is -0.384. The van der Waals surface area contributed by atoms with E-state index in [2.05, 4.69) is 4.74 Å². The Morgan fingerprint density at radius 3 is 2.19 bits per heavy atom. The number of hydrogen-bond donors (Lipinski definition) is 1. The molecule has 2 aromatic carbocycles. The van der Waals surface area contributed by atoms with E-state index in [4.69, 9.17) is 5.73 Å². The van der Waals surface area contributed by atoms with Crippen LogP contribution in [-0.2, 0) is 4.74 Å². The standard InChI is InChI=1S/C14H10N2O5/c15-12-4-2-1-3-11(12)14(18)21-13(17)9-5-7-10(8-6-9)16(19)20/h1-8H,15H2. The molecule has 0 amide bonds. The molecule has 0 aromatic heterocycles. The summed E-state index contributed by atoms with van der Waals surface area (Å²) in [6.07, 6.45) is 0. The molecular weight excluding hydrogens is 276 g/mol. The van der Waals surface area contributed by atoms with Crippen molar-refractivity contribution < 1.29 is 19.2 Å². The summed E-state index contributed by atoms with van der Waals surface area (Å²) in [4.78, 5) is 33.5. The van der Waals surface area contributed by atoms with Crippen LogP contribution in [0.2, 0.25) is 0 Å². The van der Waals surface area contributed by atoms with Crippen LogP contribution in [0.25, 0.3) is 0 Å². The Labute approximate surface area is 119 Å². The maximum Gasteiger partial charge on any atom is 0.348 e. The molecule has 0 unspecified atom stereocenters. The van der Waals surface area contributed by atoms with Gasteiger partial charge in [-0.15, -0.1) is 0 Å². The van der Waals surface area contributed by atoms with Gasteiger partial charge in [-0.2, -0.15) is 0 Å². The van der Waals surface area contributed by atoms with Crippen LogP contribution in [0.3, 0.4) is 0 Å². The van der Waals surface area contributed by atoms with Gasteiger partial charge in [0.15, 0.2) is 0 Å². The molecule has 2 aromatic rings. The van der Waals surface area contributed by atoms with Gasteiger partial charge in [-0.3, -0.25) is 10.1 Å². The van der Waals surface area contributed by atoms with E-state index >= 15 is 0 Å². The number of rotatable bonds is 3. The Balaban J connectivity index is 2.13. The van der Waals surface area contributed by atoms with Crippen LogP contribution in [0.15, 0.2) is 48.5 Å². The fourth-order valence-corrected chi connectivity index (χ4v) is 1.60. The molecule has 0 radical (unpaired) electrons. The summed E-state index contributed by atoms with van der Waals surface area (Å²) in [5, 5.41) is 10.5. The second kappa shape index (κ2) is 5.83.